The van der Waals surface area contributed by atoms with Gasteiger partial charge in [0.2, 0.25) is 0 Å². The van der Waals surface area contributed by atoms with Crippen LogP contribution in [-0.4, -0.2) is 19.8 Å². The molecule has 156 valence electrons. The fraction of sp³-hybridized carbons (Fsp3) is 0.440. The van der Waals surface area contributed by atoms with Gasteiger partial charge in [0, 0.05) is 17.9 Å². The average Bonchev–Trinajstić information content (AvgIpc) is 2.67. The van der Waals surface area contributed by atoms with E-state index < -0.39 is 0 Å². The van der Waals surface area contributed by atoms with Gasteiger partial charge in [-0.15, -0.1) is 0 Å². The van der Waals surface area contributed by atoms with Crippen LogP contribution >= 0.6 is 0 Å². The van der Waals surface area contributed by atoms with Crippen LogP contribution in [0, 0.1) is 12.8 Å². The summed E-state index contributed by atoms with van der Waals surface area (Å²) in [7, 11) is 0. The van der Waals surface area contributed by atoms with E-state index in [0.717, 1.165) is 41.1 Å². The molecule has 3 heteroatoms. The van der Waals surface area contributed by atoms with Gasteiger partial charge in [-0.3, -0.25) is 0 Å². The molecule has 0 atom stereocenters. The van der Waals surface area contributed by atoms with E-state index in [1.165, 1.54) is 0 Å². The molecule has 0 saturated carbocycles. The lowest BCUT2D eigenvalue weighted by atomic mass is 9.97. The minimum atomic E-state index is 0.557. The van der Waals surface area contributed by atoms with Gasteiger partial charge in [0.05, 0.1) is 12.4 Å². The van der Waals surface area contributed by atoms with Crippen LogP contribution in [0.1, 0.15) is 52.2 Å². The average molecular weight is 386 g/mol. The summed E-state index contributed by atoms with van der Waals surface area (Å²) in [6.07, 6.45) is 6.81. The first-order valence-electron chi connectivity index (χ1n) is 10.1. The van der Waals surface area contributed by atoms with Crippen molar-refractivity contribution in [2.24, 2.45) is 5.92 Å². The number of anilines is 1. The Morgan fingerprint density at radius 3 is 2.46 bits per heavy atom. The maximum Gasteiger partial charge on any atom is 0.111 e. The van der Waals surface area contributed by atoms with Gasteiger partial charge in [-0.2, -0.15) is 0 Å². The Morgan fingerprint density at radius 2 is 1.82 bits per heavy atom. The van der Waals surface area contributed by atoms with Crippen molar-refractivity contribution in [2.75, 3.05) is 25.6 Å². The van der Waals surface area contributed by atoms with Crippen LogP contribution in [0.15, 0.2) is 60.9 Å². The van der Waals surface area contributed by atoms with Crippen LogP contribution in [0.5, 0.6) is 0 Å². The fourth-order valence-electron chi connectivity index (χ4n) is 2.24. The first-order chi connectivity index (χ1) is 13.3. The molecule has 0 spiro atoms. The second-order valence-electron chi connectivity index (χ2n) is 6.87. The van der Waals surface area contributed by atoms with Gasteiger partial charge in [0.15, 0.2) is 0 Å². The Labute approximate surface area is 172 Å². The molecule has 1 aromatic rings. The third-order valence-corrected chi connectivity index (χ3v) is 3.95. The number of rotatable bonds is 11. The van der Waals surface area contributed by atoms with E-state index in [4.69, 9.17) is 15.2 Å². The maximum absolute atomic E-state index is 6.04. The first kappa shape index (κ1) is 25.7. The smallest absolute Gasteiger partial charge is 0.111 e. The highest BCUT2D eigenvalue weighted by atomic mass is 16.5. The van der Waals surface area contributed by atoms with E-state index in [1.54, 1.807) is 0 Å². The van der Waals surface area contributed by atoms with Crippen molar-refractivity contribution >= 4 is 11.3 Å². The highest BCUT2D eigenvalue weighted by Gasteiger charge is 2.05. The molecular weight excluding hydrogens is 346 g/mol. The van der Waals surface area contributed by atoms with Gasteiger partial charge in [-0.05, 0) is 55.5 Å². The molecule has 28 heavy (non-hydrogen) atoms. The Hall–Kier alpha value is -2.26. The van der Waals surface area contributed by atoms with Crippen molar-refractivity contribution in [3.63, 3.8) is 0 Å². The monoisotopic (exact) mass is 385 g/mol. The molecule has 0 fully saturated rings. The van der Waals surface area contributed by atoms with Gasteiger partial charge in [-0.25, -0.2) is 0 Å². The molecular formula is C25H39NO2. The molecule has 1 aromatic carbocycles. The molecule has 3 nitrogen and oxygen atoms in total. The fourth-order valence-corrected chi connectivity index (χ4v) is 2.24. The molecule has 0 aliphatic carbocycles. The van der Waals surface area contributed by atoms with Crippen LogP contribution in [-0.2, 0) is 9.47 Å². The third kappa shape index (κ3) is 10.8. The summed E-state index contributed by atoms with van der Waals surface area (Å²) < 4.78 is 11.2. The zero-order chi connectivity index (χ0) is 21.5. The van der Waals surface area contributed by atoms with Gasteiger partial charge in [-0.1, -0.05) is 64.6 Å². The van der Waals surface area contributed by atoms with Crippen molar-refractivity contribution in [1.29, 1.82) is 0 Å². The van der Waals surface area contributed by atoms with E-state index in [9.17, 15) is 0 Å². The van der Waals surface area contributed by atoms with E-state index >= 15 is 0 Å². The van der Waals surface area contributed by atoms with Crippen LogP contribution < -0.4 is 5.73 Å². The zero-order valence-electron chi connectivity index (χ0n) is 18.7. The predicted molar refractivity (Wildman–Crippen MR) is 124 cm³/mol. The number of aryl methyl sites for hydroxylation is 1. The summed E-state index contributed by atoms with van der Waals surface area (Å²) in [5.41, 5.74) is 10.5. The summed E-state index contributed by atoms with van der Waals surface area (Å²) in [6.45, 7) is 22.5. The Kier molecular flexibility index (Phi) is 13.6. The highest BCUT2D eigenvalue weighted by molar-refractivity contribution is 5.85. The van der Waals surface area contributed by atoms with Crippen molar-refractivity contribution < 1.29 is 9.47 Å². The SMILES string of the molecule is C=C(/C=C\C=C(/C)OCCOCCC(C)C)C(=C)c1cc(C)ccc1N.CC. The largest absolute Gasteiger partial charge is 0.496 e. The molecule has 0 heterocycles. The standard InChI is InChI=1S/C23H33NO2.C2H6/c1-17(2)12-13-25-14-15-26-20(5)9-7-8-19(4)21(6)22-16-18(3)10-11-23(22)24;1-2/h7-11,16-17H,4,6,12-15,24H2,1-3,5H3;1-2H3/b8-7-,20-9+;. The normalized spacial score (nSPS) is 11.3. The van der Waals surface area contributed by atoms with E-state index in [0.29, 0.717) is 24.8 Å². The van der Waals surface area contributed by atoms with Gasteiger partial charge >= 0.3 is 0 Å². The topological polar surface area (TPSA) is 44.5 Å². The Bertz CT molecular complexity index is 669. The minimum Gasteiger partial charge on any atom is -0.496 e. The van der Waals surface area contributed by atoms with Gasteiger partial charge in [0.25, 0.3) is 0 Å². The second kappa shape index (κ2) is 14.8. The van der Waals surface area contributed by atoms with Crippen molar-refractivity contribution in [3.05, 3.63) is 72.0 Å². The second-order valence-corrected chi connectivity index (χ2v) is 6.87. The van der Waals surface area contributed by atoms with Crippen LogP contribution in [0.25, 0.3) is 5.57 Å². The van der Waals surface area contributed by atoms with E-state index in [-0.39, 0.29) is 0 Å². The van der Waals surface area contributed by atoms with Gasteiger partial charge < -0.3 is 15.2 Å². The minimum absolute atomic E-state index is 0.557. The molecule has 0 unspecified atom stereocenters. The molecule has 0 saturated heterocycles. The molecule has 0 aliphatic rings. The highest BCUT2D eigenvalue weighted by Crippen LogP contribution is 2.27. The number of benzene rings is 1. The van der Waals surface area contributed by atoms with Crippen molar-refractivity contribution in [2.45, 2.75) is 48.0 Å². The molecule has 0 aromatic heterocycles. The number of hydrogen-bond acceptors (Lipinski definition) is 3. The van der Waals surface area contributed by atoms with Crippen molar-refractivity contribution in [3.8, 4) is 0 Å². The third-order valence-electron chi connectivity index (χ3n) is 3.95. The summed E-state index contributed by atoms with van der Waals surface area (Å²) in [6, 6.07) is 5.91. The molecule has 0 aliphatic heterocycles. The summed E-state index contributed by atoms with van der Waals surface area (Å²) in [5.74, 6) is 1.50. The van der Waals surface area contributed by atoms with Gasteiger partial charge in [0.1, 0.15) is 6.61 Å². The summed E-state index contributed by atoms with van der Waals surface area (Å²) in [4.78, 5) is 0. The van der Waals surface area contributed by atoms with Crippen molar-refractivity contribution in [1.82, 2.24) is 0 Å². The molecule has 0 amide bonds. The lowest BCUT2D eigenvalue weighted by molar-refractivity contribution is 0.0706. The van der Waals surface area contributed by atoms with Crippen LogP contribution in [0.4, 0.5) is 5.69 Å². The number of nitrogens with two attached hydrogens (primary N) is 1. The lowest BCUT2D eigenvalue weighted by Crippen LogP contribution is -2.05. The molecule has 0 radical (unpaired) electrons. The Balaban J connectivity index is 0.00000352. The maximum atomic E-state index is 6.04. The lowest BCUT2D eigenvalue weighted by Gasteiger charge is -2.10. The molecule has 2 N–H and O–H groups in total. The quantitative estimate of drug-likeness (QED) is 0.199. The number of hydrogen-bond donors (Lipinski definition) is 1. The first-order valence-corrected chi connectivity index (χ1v) is 10.1. The molecule has 1 rings (SSSR count). The number of nitrogen functional groups attached to an aromatic ring is 1. The van der Waals surface area contributed by atoms with E-state index in [1.807, 2.05) is 64.1 Å². The van der Waals surface area contributed by atoms with Crippen LogP contribution in [0.2, 0.25) is 0 Å². The van der Waals surface area contributed by atoms with Crippen LogP contribution in [0.3, 0.4) is 0 Å². The van der Waals surface area contributed by atoms with E-state index in [2.05, 4.69) is 27.0 Å². The zero-order valence-corrected chi connectivity index (χ0v) is 18.7. The number of allylic oxidation sites excluding steroid dienone is 6. The summed E-state index contributed by atoms with van der Waals surface area (Å²) >= 11 is 0. The number of ether oxygens (including phenoxy) is 2. The predicted octanol–water partition coefficient (Wildman–Crippen LogP) is 6.71. The Morgan fingerprint density at radius 1 is 1.14 bits per heavy atom. The molecule has 0 bridgehead atoms. The summed E-state index contributed by atoms with van der Waals surface area (Å²) in [5, 5.41) is 0.